The molecule has 5 amide bonds. The average Bonchev–Trinajstić information content (AvgIpc) is 3.54. The third kappa shape index (κ3) is 16.0. The van der Waals surface area contributed by atoms with Crippen LogP contribution in [0.2, 0.25) is 0 Å². The van der Waals surface area contributed by atoms with E-state index in [1.165, 1.54) is 6.92 Å². The predicted molar refractivity (Wildman–Crippen MR) is 220 cm³/mol. The lowest BCUT2D eigenvalue weighted by Crippen LogP contribution is -2.61. The molecular formula is C39H65N11O7. The monoisotopic (exact) mass is 800 g/mol. The third-order valence-corrected chi connectivity index (χ3v) is 9.41. The molecule has 0 aliphatic carbocycles. The quantitative estimate of drug-likeness (QED) is 0.0385. The molecule has 0 bridgehead atoms. The van der Waals surface area contributed by atoms with Crippen LogP contribution in [0.4, 0.5) is 0 Å². The normalized spacial score (nSPS) is 14.7. The Morgan fingerprint density at radius 3 is 1.96 bits per heavy atom. The molecule has 6 atom stereocenters. The number of nitrogens with zero attached hydrogens (tertiary/aromatic N) is 1. The third-order valence-electron chi connectivity index (χ3n) is 9.41. The Labute approximate surface area is 335 Å². The van der Waals surface area contributed by atoms with E-state index in [4.69, 9.17) is 17.2 Å². The van der Waals surface area contributed by atoms with E-state index in [9.17, 15) is 33.9 Å². The van der Waals surface area contributed by atoms with Gasteiger partial charge in [0.25, 0.3) is 0 Å². The van der Waals surface area contributed by atoms with Crippen LogP contribution < -0.4 is 49.1 Å². The van der Waals surface area contributed by atoms with Gasteiger partial charge in [0.2, 0.25) is 29.5 Å². The number of carboxylic acids is 1. The molecular weight excluding hydrogens is 734 g/mol. The van der Waals surface area contributed by atoms with E-state index < -0.39 is 77.2 Å². The van der Waals surface area contributed by atoms with Gasteiger partial charge in [0.1, 0.15) is 30.2 Å². The molecule has 0 fully saturated rings. The Kier molecular flexibility index (Phi) is 19.4. The van der Waals surface area contributed by atoms with Crippen molar-refractivity contribution in [1.82, 2.24) is 36.9 Å². The number of amides is 5. The van der Waals surface area contributed by atoms with E-state index in [2.05, 4.69) is 41.9 Å². The molecule has 1 heterocycles. The largest absolute Gasteiger partial charge is 0.480 e. The highest BCUT2D eigenvalue weighted by Gasteiger charge is 2.37. The van der Waals surface area contributed by atoms with Crippen LogP contribution in [0.25, 0.3) is 10.9 Å². The number of carboxylic acid groups (broad SMARTS) is 1. The van der Waals surface area contributed by atoms with Gasteiger partial charge >= 0.3 is 5.97 Å². The second-order valence-electron chi connectivity index (χ2n) is 15.8. The fraction of sp³-hybridized carbons (Fsp3) is 0.615. The zero-order valence-corrected chi connectivity index (χ0v) is 34.4. The number of H-pyrrole nitrogens is 1. The maximum atomic E-state index is 14.1. The van der Waals surface area contributed by atoms with E-state index in [1.807, 2.05) is 38.1 Å². The summed E-state index contributed by atoms with van der Waals surface area (Å²) in [4.78, 5) is 87.4. The number of guanidine groups is 1. The number of benzene rings is 1. The zero-order chi connectivity index (χ0) is 42.9. The fourth-order valence-corrected chi connectivity index (χ4v) is 6.22. The number of likely N-dealkylation sites (N-methyl/N-ethyl adjacent to an activating group) is 1. The van der Waals surface area contributed by atoms with Crippen LogP contribution in [0.3, 0.4) is 0 Å². The Hall–Kier alpha value is -5.23. The van der Waals surface area contributed by atoms with Crippen molar-refractivity contribution in [3.05, 3.63) is 36.0 Å². The summed E-state index contributed by atoms with van der Waals surface area (Å²) in [5.41, 5.74) is 17.1. The number of aromatic amines is 1. The van der Waals surface area contributed by atoms with Gasteiger partial charge in [-0.2, -0.15) is 0 Å². The van der Waals surface area contributed by atoms with Gasteiger partial charge in [-0.1, -0.05) is 52.8 Å². The number of aliphatic imine (C=N–C) groups is 1. The molecule has 0 aliphatic heterocycles. The van der Waals surface area contributed by atoms with E-state index in [0.29, 0.717) is 44.3 Å². The first-order chi connectivity index (χ1) is 26.8. The van der Waals surface area contributed by atoms with Gasteiger partial charge in [0.05, 0.1) is 6.04 Å². The number of carbonyl (C=O) groups is 6. The molecule has 0 unspecified atom stereocenters. The van der Waals surface area contributed by atoms with Crippen LogP contribution in [-0.4, -0.2) is 108 Å². The van der Waals surface area contributed by atoms with Gasteiger partial charge < -0.3 is 59.2 Å². The van der Waals surface area contributed by atoms with Crippen molar-refractivity contribution in [3.8, 4) is 0 Å². The first-order valence-electron chi connectivity index (χ1n) is 19.5. The Morgan fingerprint density at radius 1 is 0.772 bits per heavy atom. The van der Waals surface area contributed by atoms with Crippen molar-refractivity contribution in [2.75, 3.05) is 20.1 Å². The lowest BCUT2D eigenvalue weighted by atomic mass is 9.85. The summed E-state index contributed by atoms with van der Waals surface area (Å²) in [6.07, 6.45) is 4.23. The molecule has 2 aromatic rings. The molecule has 318 valence electrons. The van der Waals surface area contributed by atoms with Crippen LogP contribution in [-0.2, 0) is 35.2 Å². The molecule has 0 spiro atoms. The molecule has 18 heteroatoms. The molecule has 18 nitrogen and oxygen atoms in total. The van der Waals surface area contributed by atoms with Crippen molar-refractivity contribution in [2.24, 2.45) is 33.5 Å². The number of fused-ring (bicyclic) bond motifs is 1. The van der Waals surface area contributed by atoms with Gasteiger partial charge in [-0.3, -0.25) is 29.0 Å². The van der Waals surface area contributed by atoms with E-state index in [0.717, 1.165) is 10.9 Å². The van der Waals surface area contributed by atoms with Gasteiger partial charge in [0, 0.05) is 30.1 Å². The van der Waals surface area contributed by atoms with Gasteiger partial charge in [-0.25, -0.2) is 4.79 Å². The number of hydrogen-bond acceptors (Lipinski definition) is 9. The van der Waals surface area contributed by atoms with Crippen molar-refractivity contribution >= 4 is 52.4 Å². The van der Waals surface area contributed by atoms with Crippen LogP contribution in [0.5, 0.6) is 0 Å². The van der Waals surface area contributed by atoms with Crippen molar-refractivity contribution in [2.45, 2.75) is 123 Å². The summed E-state index contributed by atoms with van der Waals surface area (Å²) in [6, 6.07) is 1.08. The lowest BCUT2D eigenvalue weighted by molar-refractivity contribution is -0.143. The topological polar surface area (TPSA) is 301 Å². The molecule has 1 aromatic carbocycles. The van der Waals surface area contributed by atoms with Gasteiger partial charge in [0.15, 0.2) is 5.96 Å². The smallest absolute Gasteiger partial charge is 0.326 e. The minimum absolute atomic E-state index is 0.0121. The Bertz CT molecular complexity index is 1680. The number of nitrogens with one attached hydrogen (secondary N) is 7. The highest BCUT2D eigenvalue weighted by molar-refractivity contribution is 5.97. The summed E-state index contributed by atoms with van der Waals surface area (Å²) >= 11 is 0. The molecule has 0 saturated carbocycles. The summed E-state index contributed by atoms with van der Waals surface area (Å²) in [5.74, 6) is -4.36. The maximum Gasteiger partial charge on any atom is 0.326 e. The number of aliphatic carboxylic acids is 1. The Morgan fingerprint density at radius 2 is 1.37 bits per heavy atom. The van der Waals surface area contributed by atoms with Gasteiger partial charge in [-0.15, -0.1) is 0 Å². The number of unbranched alkanes of at least 4 members (excludes halogenated alkanes) is 1. The van der Waals surface area contributed by atoms with Crippen LogP contribution in [0, 0.1) is 11.3 Å². The number of nitrogens with two attached hydrogens (primary N) is 3. The highest BCUT2D eigenvalue weighted by Crippen LogP contribution is 2.22. The van der Waals surface area contributed by atoms with Crippen LogP contribution >= 0.6 is 0 Å². The van der Waals surface area contributed by atoms with Crippen molar-refractivity contribution in [1.29, 1.82) is 0 Å². The summed E-state index contributed by atoms with van der Waals surface area (Å²) in [6.45, 7) is 11.0. The number of aromatic nitrogens is 1. The summed E-state index contributed by atoms with van der Waals surface area (Å²) < 4.78 is 0. The standard InChI is InChI=1S/C39H65N11O7/c1-22(2)19-30(37(56)57)49-36(55)31(39(4,5)6)50-35(54)29(20-24-21-45-26-14-9-8-13-25(24)26)48-32(51)23(3)46-34(53)28(15-10-11-17-40)47-33(52)27(43-7)16-12-18-44-38(41)42/h8-9,13-14,21-23,27-31,43,45H,10-12,15-20,40H2,1-7H3,(H,46,53)(H,47,52)(H,48,51)(H,49,55)(H,50,54)(H,56,57)(H4,41,42,44)/t23-,27+,28+,29+,30+,31-/m1/s1. The molecule has 0 saturated heterocycles. The molecule has 14 N–H and O–H groups in total. The SMILES string of the molecule is CN[C@@H](CCCN=C(N)N)C(=O)N[C@@H](CCCCN)C(=O)N[C@H](C)C(=O)N[C@@H](Cc1c[nH]c2ccccc12)C(=O)N[C@H](C(=O)N[C@@H](CC(C)C)C(=O)O)C(C)(C)C. The lowest BCUT2D eigenvalue weighted by Gasteiger charge is -2.33. The number of carbonyl (C=O) groups excluding carboxylic acids is 5. The summed E-state index contributed by atoms with van der Waals surface area (Å²) in [5, 5.41) is 27.1. The summed E-state index contributed by atoms with van der Waals surface area (Å²) in [7, 11) is 1.62. The molecule has 1 aromatic heterocycles. The van der Waals surface area contributed by atoms with Gasteiger partial charge in [-0.05, 0) is 82.0 Å². The number of hydrogen-bond donors (Lipinski definition) is 11. The maximum absolute atomic E-state index is 14.1. The molecule has 0 radical (unpaired) electrons. The minimum Gasteiger partial charge on any atom is -0.480 e. The highest BCUT2D eigenvalue weighted by atomic mass is 16.4. The predicted octanol–water partition coefficient (Wildman–Crippen LogP) is 0.102. The number of rotatable bonds is 24. The number of para-hydroxylation sites is 1. The van der Waals surface area contributed by atoms with Crippen molar-refractivity contribution < 1.29 is 33.9 Å². The van der Waals surface area contributed by atoms with E-state index >= 15 is 0 Å². The molecule has 0 aliphatic rings. The first kappa shape index (κ1) is 47.9. The van der Waals surface area contributed by atoms with E-state index in [-0.39, 0.29) is 31.1 Å². The second-order valence-corrected chi connectivity index (χ2v) is 15.8. The minimum atomic E-state index is -1.23. The molecule has 2 rings (SSSR count). The fourth-order valence-electron chi connectivity index (χ4n) is 6.22. The first-order valence-corrected chi connectivity index (χ1v) is 19.5. The van der Waals surface area contributed by atoms with Crippen molar-refractivity contribution in [3.63, 3.8) is 0 Å². The second kappa shape index (κ2) is 23.1. The molecule has 57 heavy (non-hydrogen) atoms. The van der Waals surface area contributed by atoms with Crippen LogP contribution in [0.1, 0.15) is 85.6 Å². The zero-order valence-electron chi connectivity index (χ0n) is 34.4. The van der Waals surface area contributed by atoms with Crippen LogP contribution in [0.15, 0.2) is 35.5 Å². The van der Waals surface area contributed by atoms with E-state index in [1.54, 1.807) is 34.0 Å². The average molecular weight is 800 g/mol. The Balaban J connectivity index is 2.32.